The van der Waals surface area contributed by atoms with E-state index < -0.39 is 12.1 Å². The van der Waals surface area contributed by atoms with Crippen LogP contribution in [0.25, 0.3) is 0 Å². The number of hydrogen-bond acceptors (Lipinski definition) is 3. The van der Waals surface area contributed by atoms with Gasteiger partial charge < -0.3 is 15.9 Å². The predicted molar refractivity (Wildman–Crippen MR) is 57.7 cm³/mol. The zero-order valence-electron chi connectivity index (χ0n) is 8.82. The van der Waals surface area contributed by atoms with Gasteiger partial charge in [-0.05, 0) is 30.5 Å². The smallest absolute Gasteiger partial charge is 0.332 e. The zero-order chi connectivity index (χ0) is 11.6. The molecule has 0 aromatic heterocycles. The number of benzene rings is 1. The van der Waals surface area contributed by atoms with E-state index in [4.69, 9.17) is 10.8 Å². The van der Waals surface area contributed by atoms with Gasteiger partial charge in [-0.25, -0.2) is 4.79 Å². The number of aliphatic hydroxyl groups is 1. The first-order valence-corrected chi connectivity index (χ1v) is 4.68. The van der Waals surface area contributed by atoms with Crippen molar-refractivity contribution in [3.63, 3.8) is 0 Å². The van der Waals surface area contributed by atoms with Gasteiger partial charge in [0.25, 0.3) is 0 Å². The fourth-order valence-corrected chi connectivity index (χ4v) is 1.49. The molecule has 1 rings (SSSR count). The topological polar surface area (TPSA) is 83.5 Å². The number of nitrogens with two attached hydrogens (primary N) is 1. The summed E-state index contributed by atoms with van der Waals surface area (Å²) in [5.41, 5.74) is 9.07. The highest BCUT2D eigenvalue weighted by Gasteiger charge is 2.14. The highest BCUT2D eigenvalue weighted by atomic mass is 16.4. The Morgan fingerprint density at radius 1 is 1.40 bits per heavy atom. The zero-order valence-corrected chi connectivity index (χ0v) is 8.82. The molecule has 15 heavy (non-hydrogen) atoms. The molecule has 0 aliphatic rings. The molecule has 4 N–H and O–H groups in total. The van der Waals surface area contributed by atoms with E-state index in [9.17, 15) is 9.90 Å². The number of aliphatic carboxylic acids is 1. The van der Waals surface area contributed by atoms with Crippen molar-refractivity contribution in [2.24, 2.45) is 0 Å². The van der Waals surface area contributed by atoms with Crippen molar-refractivity contribution in [1.82, 2.24) is 0 Å². The quantitative estimate of drug-likeness (QED) is 0.645. The van der Waals surface area contributed by atoms with Crippen molar-refractivity contribution >= 4 is 11.7 Å². The van der Waals surface area contributed by atoms with Crippen LogP contribution in [0.15, 0.2) is 12.1 Å². The maximum Gasteiger partial charge on any atom is 0.332 e. The highest BCUT2D eigenvalue weighted by Crippen LogP contribution is 2.19. The number of aryl methyl sites for hydroxylation is 2. The predicted octanol–water partition coefficient (Wildman–Crippen LogP) is 0.874. The minimum Gasteiger partial charge on any atom is -0.479 e. The van der Waals surface area contributed by atoms with Crippen molar-refractivity contribution < 1.29 is 15.0 Å². The molecule has 0 spiro atoms. The highest BCUT2D eigenvalue weighted by molar-refractivity contribution is 5.72. The monoisotopic (exact) mass is 209 g/mol. The lowest BCUT2D eigenvalue weighted by molar-refractivity contribution is -0.146. The van der Waals surface area contributed by atoms with Crippen LogP contribution in [0.2, 0.25) is 0 Å². The molecule has 0 bridgehead atoms. The number of hydrogen-bond donors (Lipinski definition) is 3. The molecular formula is C11H15NO3. The normalized spacial score (nSPS) is 12.5. The summed E-state index contributed by atoms with van der Waals surface area (Å²) in [5, 5.41) is 17.8. The van der Waals surface area contributed by atoms with E-state index >= 15 is 0 Å². The lowest BCUT2D eigenvalue weighted by Gasteiger charge is -2.10. The van der Waals surface area contributed by atoms with Crippen LogP contribution < -0.4 is 5.73 Å². The van der Waals surface area contributed by atoms with Crippen LogP contribution >= 0.6 is 0 Å². The third kappa shape index (κ3) is 2.70. The van der Waals surface area contributed by atoms with Gasteiger partial charge in [0.2, 0.25) is 0 Å². The molecule has 4 nitrogen and oxygen atoms in total. The molecule has 0 saturated heterocycles. The van der Waals surface area contributed by atoms with Crippen molar-refractivity contribution in [3.05, 3.63) is 28.8 Å². The third-order valence-electron chi connectivity index (χ3n) is 2.37. The first-order valence-electron chi connectivity index (χ1n) is 4.68. The van der Waals surface area contributed by atoms with Crippen LogP contribution in [0.1, 0.15) is 16.7 Å². The lowest BCUT2D eigenvalue weighted by atomic mass is 10.0. The summed E-state index contributed by atoms with van der Waals surface area (Å²) in [5.74, 6) is -1.21. The van der Waals surface area contributed by atoms with Gasteiger partial charge in [-0.2, -0.15) is 0 Å². The van der Waals surface area contributed by atoms with Crippen molar-refractivity contribution in [3.8, 4) is 0 Å². The van der Waals surface area contributed by atoms with Gasteiger partial charge in [0.1, 0.15) is 0 Å². The van der Waals surface area contributed by atoms with Crippen LogP contribution in [-0.2, 0) is 11.2 Å². The molecule has 0 amide bonds. The molecule has 0 fully saturated rings. The van der Waals surface area contributed by atoms with Crippen molar-refractivity contribution in [1.29, 1.82) is 0 Å². The first-order chi connectivity index (χ1) is 6.91. The summed E-state index contributed by atoms with van der Waals surface area (Å²) < 4.78 is 0. The largest absolute Gasteiger partial charge is 0.479 e. The summed E-state index contributed by atoms with van der Waals surface area (Å²) >= 11 is 0. The summed E-state index contributed by atoms with van der Waals surface area (Å²) in [6.45, 7) is 3.72. The standard InChI is InChI=1S/C11H15NO3/c1-6-3-8(4-7(2)10(6)12)5-9(13)11(14)15/h3-4,9,13H,5,12H2,1-2H3,(H,14,15). The van der Waals surface area contributed by atoms with Crippen LogP contribution in [0.3, 0.4) is 0 Å². The number of carbonyl (C=O) groups is 1. The molecule has 1 aromatic carbocycles. The number of rotatable bonds is 3. The van der Waals surface area contributed by atoms with Crippen molar-refractivity contribution in [2.45, 2.75) is 26.4 Å². The summed E-state index contributed by atoms with van der Waals surface area (Å²) in [4.78, 5) is 10.5. The number of carboxylic acids is 1. The second-order valence-electron chi connectivity index (χ2n) is 3.70. The molecule has 0 saturated carbocycles. The van der Waals surface area contributed by atoms with E-state index in [0.717, 1.165) is 16.7 Å². The number of aliphatic hydroxyl groups excluding tert-OH is 1. The molecule has 0 aliphatic heterocycles. The average Bonchev–Trinajstić information content (AvgIpc) is 2.13. The average molecular weight is 209 g/mol. The Balaban J connectivity index is 2.92. The minimum atomic E-state index is -1.35. The SMILES string of the molecule is Cc1cc(CC(O)C(=O)O)cc(C)c1N. The second kappa shape index (κ2) is 4.31. The van der Waals surface area contributed by atoms with Crippen LogP contribution in [0.4, 0.5) is 5.69 Å². The Bertz CT molecular complexity index is 364. The van der Waals surface area contributed by atoms with Gasteiger partial charge >= 0.3 is 5.97 Å². The minimum absolute atomic E-state index is 0.108. The summed E-state index contributed by atoms with van der Waals surface area (Å²) in [6, 6.07) is 3.60. The molecule has 4 heteroatoms. The Morgan fingerprint density at radius 2 is 1.87 bits per heavy atom. The molecule has 0 radical (unpaired) electrons. The first kappa shape index (κ1) is 11.5. The number of carboxylic acid groups (broad SMARTS) is 1. The molecule has 1 atom stereocenters. The Kier molecular flexibility index (Phi) is 3.31. The van der Waals surface area contributed by atoms with E-state index in [0.29, 0.717) is 5.69 Å². The fraction of sp³-hybridized carbons (Fsp3) is 0.364. The molecule has 0 heterocycles. The third-order valence-corrected chi connectivity index (χ3v) is 2.37. The number of anilines is 1. The maximum absolute atomic E-state index is 10.5. The van der Waals surface area contributed by atoms with E-state index in [2.05, 4.69) is 0 Å². The molecule has 1 unspecified atom stereocenters. The summed E-state index contributed by atoms with van der Waals surface area (Å²) in [6.07, 6.45) is -1.25. The van der Waals surface area contributed by atoms with Gasteiger partial charge in [-0.1, -0.05) is 12.1 Å². The molecule has 0 aliphatic carbocycles. The van der Waals surface area contributed by atoms with Gasteiger partial charge in [0.15, 0.2) is 6.10 Å². The molecular weight excluding hydrogens is 194 g/mol. The Hall–Kier alpha value is -1.55. The lowest BCUT2D eigenvalue weighted by Crippen LogP contribution is -2.22. The summed E-state index contributed by atoms with van der Waals surface area (Å²) in [7, 11) is 0. The second-order valence-corrected chi connectivity index (χ2v) is 3.70. The van der Waals surface area contributed by atoms with Gasteiger partial charge in [0, 0.05) is 12.1 Å². The Morgan fingerprint density at radius 3 is 2.27 bits per heavy atom. The molecule has 82 valence electrons. The van der Waals surface area contributed by atoms with Crippen LogP contribution in [0, 0.1) is 13.8 Å². The van der Waals surface area contributed by atoms with E-state index in [1.807, 2.05) is 13.8 Å². The van der Waals surface area contributed by atoms with E-state index in [-0.39, 0.29) is 6.42 Å². The van der Waals surface area contributed by atoms with E-state index in [1.165, 1.54) is 0 Å². The Labute approximate surface area is 88.3 Å². The maximum atomic E-state index is 10.5. The molecule has 1 aromatic rings. The van der Waals surface area contributed by atoms with Crippen molar-refractivity contribution in [2.75, 3.05) is 5.73 Å². The van der Waals surface area contributed by atoms with Gasteiger partial charge in [-0.3, -0.25) is 0 Å². The fourth-order valence-electron chi connectivity index (χ4n) is 1.49. The number of nitrogen functional groups attached to an aromatic ring is 1. The van der Waals surface area contributed by atoms with E-state index in [1.54, 1.807) is 12.1 Å². The van der Waals surface area contributed by atoms with Gasteiger partial charge in [0.05, 0.1) is 0 Å². The van der Waals surface area contributed by atoms with Gasteiger partial charge in [-0.15, -0.1) is 0 Å². The van der Waals surface area contributed by atoms with Crippen LogP contribution in [0.5, 0.6) is 0 Å². The van der Waals surface area contributed by atoms with Crippen LogP contribution in [-0.4, -0.2) is 22.3 Å².